The first-order chi connectivity index (χ1) is 24.1. The maximum atomic E-state index is 14.1. The third-order valence-electron chi connectivity index (χ3n) is 9.65. The highest BCUT2D eigenvalue weighted by molar-refractivity contribution is 6.06. The summed E-state index contributed by atoms with van der Waals surface area (Å²) in [7, 11) is 1.84. The fraction of sp³-hybridized carbons (Fsp3) is 0.400. The molecule has 4 aromatic heterocycles. The Morgan fingerprint density at radius 2 is 2.00 bits per heavy atom. The second kappa shape index (κ2) is 12.2. The predicted molar refractivity (Wildman–Crippen MR) is 177 cm³/mol. The number of carboxylic acid groups (broad SMARTS) is 1. The fourth-order valence-electron chi connectivity index (χ4n) is 6.96. The van der Waals surface area contributed by atoms with Crippen LogP contribution < -0.4 is 14.5 Å². The van der Waals surface area contributed by atoms with Crippen molar-refractivity contribution in [2.75, 3.05) is 42.7 Å². The van der Waals surface area contributed by atoms with E-state index in [4.69, 9.17) is 23.6 Å². The Bertz CT molecular complexity index is 2190. The number of carbonyl (C=O) groups is 1. The summed E-state index contributed by atoms with van der Waals surface area (Å²) in [5.74, 6) is 4.76. The summed E-state index contributed by atoms with van der Waals surface area (Å²) in [6.45, 7) is 5.91. The number of ether oxygens (including phenoxy) is 3. The van der Waals surface area contributed by atoms with Crippen molar-refractivity contribution in [3.05, 3.63) is 65.4 Å². The highest BCUT2D eigenvalue weighted by Crippen LogP contribution is 2.41. The molecule has 1 aromatic carbocycles. The molecule has 3 atom stereocenters. The molecule has 1 spiro atoms. The smallest absolute Gasteiger partial charge is 0.326 e. The number of pyridine rings is 1. The normalized spacial score (nSPS) is 21.5. The van der Waals surface area contributed by atoms with Crippen LogP contribution in [0.5, 0.6) is 5.88 Å². The zero-order chi connectivity index (χ0) is 34.7. The number of hydrogen-bond donors (Lipinski definition) is 1. The van der Waals surface area contributed by atoms with Crippen LogP contribution in [0.2, 0.25) is 0 Å². The number of fused-ring (bicyclic) bond motifs is 3. The number of nitrogens with zero attached hydrogens (tertiary/aromatic N) is 7. The molecule has 3 aliphatic heterocycles. The van der Waals surface area contributed by atoms with Crippen LogP contribution >= 0.6 is 0 Å². The van der Waals surface area contributed by atoms with Crippen molar-refractivity contribution >= 4 is 39.5 Å². The fourth-order valence-corrected chi connectivity index (χ4v) is 6.96. The second-order valence-corrected chi connectivity index (χ2v) is 12.8. The number of morpholine rings is 1. The number of benzene rings is 1. The van der Waals surface area contributed by atoms with Gasteiger partial charge in [0.05, 0.1) is 43.7 Å². The number of carboxylic acids is 1. The molecule has 3 aliphatic rings. The van der Waals surface area contributed by atoms with Crippen LogP contribution in [0.4, 0.5) is 20.3 Å². The molecule has 3 saturated heterocycles. The highest BCUT2D eigenvalue weighted by Gasteiger charge is 2.50. The molecule has 0 saturated carbocycles. The zero-order valence-corrected chi connectivity index (χ0v) is 27.5. The molecule has 13 nitrogen and oxygen atoms in total. The van der Waals surface area contributed by atoms with Gasteiger partial charge in [-0.05, 0) is 32.0 Å². The molecule has 15 heteroatoms. The third-order valence-corrected chi connectivity index (χ3v) is 9.65. The number of anilines is 2. The van der Waals surface area contributed by atoms with Gasteiger partial charge >= 0.3 is 5.97 Å². The first kappa shape index (κ1) is 31.9. The summed E-state index contributed by atoms with van der Waals surface area (Å²) in [5.41, 5.74) is 3.19. The Hall–Kier alpha value is -5.33. The average Bonchev–Trinajstić information content (AvgIpc) is 3.77. The minimum absolute atomic E-state index is 0.0161. The monoisotopic (exact) mass is 685 g/mol. The van der Waals surface area contributed by atoms with Gasteiger partial charge in [-0.1, -0.05) is 24.0 Å². The number of hydrogen-bond acceptors (Lipinski definition) is 11. The van der Waals surface area contributed by atoms with Gasteiger partial charge in [0, 0.05) is 43.4 Å². The molecular formula is C35H33F2N7O6. The van der Waals surface area contributed by atoms with Crippen LogP contribution in [0.15, 0.2) is 47.1 Å². The van der Waals surface area contributed by atoms with Crippen molar-refractivity contribution in [2.45, 2.75) is 50.5 Å². The summed E-state index contributed by atoms with van der Waals surface area (Å²) in [5, 5.41) is 15.2. The molecule has 258 valence electrons. The van der Waals surface area contributed by atoms with Crippen molar-refractivity contribution in [2.24, 2.45) is 7.05 Å². The van der Waals surface area contributed by atoms with E-state index in [1.807, 2.05) is 26.2 Å². The summed E-state index contributed by atoms with van der Waals surface area (Å²) in [4.78, 5) is 29.2. The number of halogens is 2. The van der Waals surface area contributed by atoms with Gasteiger partial charge in [0.2, 0.25) is 5.88 Å². The third kappa shape index (κ3) is 5.44. The lowest BCUT2D eigenvalue weighted by Gasteiger charge is -2.53. The van der Waals surface area contributed by atoms with Gasteiger partial charge in [0.15, 0.2) is 17.2 Å². The van der Waals surface area contributed by atoms with E-state index in [1.54, 1.807) is 35.1 Å². The van der Waals surface area contributed by atoms with Gasteiger partial charge in [-0.3, -0.25) is 4.68 Å². The van der Waals surface area contributed by atoms with Crippen molar-refractivity contribution < 1.29 is 37.3 Å². The number of alkyl halides is 2. The Balaban J connectivity index is 1.16. The van der Waals surface area contributed by atoms with Gasteiger partial charge in [0.1, 0.15) is 34.5 Å². The molecule has 50 heavy (non-hydrogen) atoms. The van der Waals surface area contributed by atoms with E-state index in [2.05, 4.69) is 38.7 Å². The highest BCUT2D eigenvalue weighted by atomic mass is 19.3. The molecule has 0 radical (unpaired) electrons. The van der Waals surface area contributed by atoms with E-state index in [0.717, 1.165) is 11.3 Å². The van der Waals surface area contributed by atoms with Gasteiger partial charge in [-0.25, -0.2) is 28.5 Å². The molecule has 0 amide bonds. The topological polar surface area (TPSA) is 141 Å². The van der Waals surface area contributed by atoms with Crippen LogP contribution in [0.1, 0.15) is 42.4 Å². The number of furan rings is 1. The number of aryl methyl sites for hydroxylation is 2. The molecule has 7 heterocycles. The lowest BCUT2D eigenvalue weighted by Crippen LogP contribution is -2.68. The first-order valence-electron chi connectivity index (χ1n) is 16.2. The minimum Gasteiger partial charge on any atom is -0.480 e. The lowest BCUT2D eigenvalue weighted by atomic mass is 9.90. The Labute approximate surface area is 284 Å². The summed E-state index contributed by atoms with van der Waals surface area (Å²) in [6, 6.07) is 7.57. The number of para-hydroxylation sites is 1. The van der Waals surface area contributed by atoms with Crippen LogP contribution in [0.25, 0.3) is 22.1 Å². The molecule has 0 aliphatic carbocycles. The molecule has 5 aromatic rings. The van der Waals surface area contributed by atoms with E-state index in [0.29, 0.717) is 48.6 Å². The number of aliphatic carboxylic acids is 1. The SMILES string of the molecule is Cc1nn(C)cc1C#Cc1cnc(O[C@H]2C[C@@H](C(=O)O)N(c3nc(C(F)F)nc4c3oc3ccccc34)C2)c(N2CCOC3(COC3)[C@@H]2C)c1. The number of aromatic nitrogens is 5. The molecule has 3 fully saturated rings. The molecule has 0 bridgehead atoms. The summed E-state index contributed by atoms with van der Waals surface area (Å²) >= 11 is 0. The van der Waals surface area contributed by atoms with E-state index >= 15 is 0 Å². The van der Waals surface area contributed by atoms with Crippen molar-refractivity contribution in [1.29, 1.82) is 0 Å². The molecule has 0 unspecified atom stereocenters. The van der Waals surface area contributed by atoms with E-state index in [1.165, 1.54) is 4.90 Å². The van der Waals surface area contributed by atoms with Gasteiger partial charge < -0.3 is 33.5 Å². The lowest BCUT2D eigenvalue weighted by molar-refractivity contribution is -0.228. The summed E-state index contributed by atoms with van der Waals surface area (Å²) < 4.78 is 54.1. The van der Waals surface area contributed by atoms with Crippen LogP contribution in [-0.4, -0.2) is 92.5 Å². The Morgan fingerprint density at radius 1 is 1.18 bits per heavy atom. The minimum atomic E-state index is -2.99. The van der Waals surface area contributed by atoms with Gasteiger partial charge in [-0.2, -0.15) is 5.10 Å². The van der Waals surface area contributed by atoms with E-state index in [9.17, 15) is 18.7 Å². The second-order valence-electron chi connectivity index (χ2n) is 12.8. The summed E-state index contributed by atoms with van der Waals surface area (Å²) in [6.07, 6.45) is -0.183. The molecule has 1 N–H and O–H groups in total. The van der Waals surface area contributed by atoms with E-state index < -0.39 is 36.0 Å². The Morgan fingerprint density at radius 3 is 2.72 bits per heavy atom. The van der Waals surface area contributed by atoms with E-state index in [-0.39, 0.29) is 41.8 Å². The van der Waals surface area contributed by atoms with Crippen molar-refractivity contribution in [1.82, 2.24) is 24.7 Å². The van der Waals surface area contributed by atoms with Gasteiger partial charge in [0.25, 0.3) is 6.43 Å². The maximum absolute atomic E-state index is 14.1. The van der Waals surface area contributed by atoms with Crippen molar-refractivity contribution in [3.63, 3.8) is 0 Å². The average molecular weight is 686 g/mol. The largest absolute Gasteiger partial charge is 0.480 e. The molecule has 8 rings (SSSR count). The van der Waals surface area contributed by atoms with Crippen LogP contribution in [0.3, 0.4) is 0 Å². The zero-order valence-electron chi connectivity index (χ0n) is 27.5. The van der Waals surface area contributed by atoms with Crippen molar-refractivity contribution in [3.8, 4) is 17.7 Å². The van der Waals surface area contributed by atoms with Crippen LogP contribution in [0, 0.1) is 18.8 Å². The van der Waals surface area contributed by atoms with Crippen LogP contribution in [-0.2, 0) is 21.3 Å². The number of rotatable bonds is 6. The standard InChI is InChI=1S/C35H33F2N7O6/c1-19-22(15-42(3)41-19)9-8-21-12-25(43-10-11-48-35(20(43)2)17-47-18-35)33(38-14-21)49-23-13-26(34(45)46)44(16-23)32-29-28(39-31(40-32)30(36)37)24-6-4-5-7-27(24)50-29/h4-7,12,14-15,20,23,26,30H,10-11,13,16-18H2,1-3H3,(H,45,46)/t20-,23-,26-/m0/s1. The maximum Gasteiger partial charge on any atom is 0.326 e. The Kier molecular flexibility index (Phi) is 7.80. The first-order valence-corrected chi connectivity index (χ1v) is 16.2. The quantitative estimate of drug-likeness (QED) is 0.256. The van der Waals surface area contributed by atoms with Gasteiger partial charge in [-0.15, -0.1) is 0 Å². The molecular weight excluding hydrogens is 652 g/mol. The predicted octanol–water partition coefficient (Wildman–Crippen LogP) is 4.26.